The maximum Gasteiger partial charge on any atom is 0.325 e. The van der Waals surface area contributed by atoms with E-state index in [9.17, 15) is 14.4 Å². The number of aromatic nitrogens is 1. The number of benzene rings is 1. The first-order valence-electron chi connectivity index (χ1n) is 8.30. The van der Waals surface area contributed by atoms with Crippen LogP contribution in [0.4, 0.5) is 5.82 Å². The molecule has 28 heavy (non-hydrogen) atoms. The number of hydrogen-bond acceptors (Lipinski definition) is 5. The first-order valence-corrected chi connectivity index (χ1v) is 9.06. The zero-order valence-electron chi connectivity index (χ0n) is 15.6. The fraction of sp³-hybridized carbons (Fsp3) is 0.263. The molecule has 1 aromatic carbocycles. The van der Waals surface area contributed by atoms with E-state index in [1.807, 2.05) is 19.9 Å². The summed E-state index contributed by atoms with van der Waals surface area (Å²) < 4.78 is 4.84. The van der Waals surface area contributed by atoms with Gasteiger partial charge in [0.1, 0.15) is 6.54 Å². The number of esters is 1. The van der Waals surface area contributed by atoms with Gasteiger partial charge in [-0.25, -0.2) is 4.98 Å². The van der Waals surface area contributed by atoms with Crippen LogP contribution in [0.2, 0.25) is 10.0 Å². The third-order valence-electron chi connectivity index (χ3n) is 3.99. The number of rotatable bonds is 6. The number of halogens is 2. The van der Waals surface area contributed by atoms with Crippen LogP contribution in [0.1, 0.15) is 27.0 Å². The number of pyridine rings is 1. The quantitative estimate of drug-likeness (QED) is 0.694. The molecule has 0 atom stereocenters. The highest BCUT2D eigenvalue weighted by molar-refractivity contribution is 6.37. The summed E-state index contributed by atoms with van der Waals surface area (Å²) in [5.74, 6) is -1.66. The molecule has 0 unspecified atom stereocenters. The average molecular weight is 424 g/mol. The third kappa shape index (κ3) is 5.68. The molecule has 0 saturated heterocycles. The Balaban J connectivity index is 1.80. The summed E-state index contributed by atoms with van der Waals surface area (Å²) >= 11 is 11.9. The topological polar surface area (TPSA) is 97.4 Å². The Morgan fingerprint density at radius 2 is 1.82 bits per heavy atom. The van der Waals surface area contributed by atoms with Crippen molar-refractivity contribution in [3.05, 3.63) is 56.7 Å². The zero-order chi connectivity index (χ0) is 20.8. The lowest BCUT2D eigenvalue weighted by Gasteiger charge is -2.10. The lowest BCUT2D eigenvalue weighted by atomic mass is 10.1. The van der Waals surface area contributed by atoms with E-state index in [1.54, 1.807) is 19.1 Å². The van der Waals surface area contributed by atoms with E-state index in [0.717, 1.165) is 11.1 Å². The van der Waals surface area contributed by atoms with E-state index in [-0.39, 0.29) is 17.4 Å². The number of hydrogen-bond donors (Lipinski definition) is 2. The molecule has 0 radical (unpaired) electrons. The zero-order valence-corrected chi connectivity index (χ0v) is 17.1. The highest BCUT2D eigenvalue weighted by Gasteiger charge is 2.14. The number of amides is 2. The highest BCUT2D eigenvalue weighted by atomic mass is 35.5. The SMILES string of the molecule is Cc1ccc(C(=O)NCC(=O)OCC(=O)Nc2ncc(Cl)c(C)c2Cl)cc1C. The predicted molar refractivity (Wildman–Crippen MR) is 107 cm³/mol. The summed E-state index contributed by atoms with van der Waals surface area (Å²) in [7, 11) is 0. The average Bonchev–Trinajstić information content (AvgIpc) is 2.67. The summed E-state index contributed by atoms with van der Waals surface area (Å²) in [6.07, 6.45) is 1.35. The Labute approximate surface area is 172 Å². The van der Waals surface area contributed by atoms with Gasteiger partial charge in [0.25, 0.3) is 11.8 Å². The molecule has 0 fully saturated rings. The van der Waals surface area contributed by atoms with Gasteiger partial charge in [0.2, 0.25) is 0 Å². The molecule has 0 aliphatic rings. The summed E-state index contributed by atoms with van der Waals surface area (Å²) in [6.45, 7) is 4.60. The second-order valence-electron chi connectivity index (χ2n) is 6.08. The molecular formula is C19H19Cl2N3O4. The summed E-state index contributed by atoms with van der Waals surface area (Å²) in [6, 6.07) is 5.22. The van der Waals surface area contributed by atoms with Crippen molar-refractivity contribution in [3.8, 4) is 0 Å². The van der Waals surface area contributed by atoms with Crippen LogP contribution in [0.3, 0.4) is 0 Å². The lowest BCUT2D eigenvalue weighted by Crippen LogP contribution is -2.32. The first kappa shape index (κ1) is 21.7. The molecule has 148 valence electrons. The van der Waals surface area contributed by atoms with Crippen LogP contribution in [0, 0.1) is 20.8 Å². The molecule has 2 rings (SSSR count). The Hall–Kier alpha value is -2.64. The Morgan fingerprint density at radius 1 is 1.11 bits per heavy atom. The van der Waals surface area contributed by atoms with Gasteiger partial charge in [0.15, 0.2) is 12.4 Å². The van der Waals surface area contributed by atoms with E-state index in [2.05, 4.69) is 15.6 Å². The summed E-state index contributed by atoms with van der Waals surface area (Å²) in [5.41, 5.74) is 3.04. The molecule has 0 aliphatic heterocycles. The van der Waals surface area contributed by atoms with Gasteiger partial charge in [-0.2, -0.15) is 0 Å². The number of ether oxygens (including phenoxy) is 1. The highest BCUT2D eigenvalue weighted by Crippen LogP contribution is 2.28. The van der Waals surface area contributed by atoms with E-state index < -0.39 is 24.4 Å². The Bertz CT molecular complexity index is 932. The number of anilines is 1. The largest absolute Gasteiger partial charge is 0.454 e. The van der Waals surface area contributed by atoms with Crippen molar-refractivity contribution >= 4 is 46.8 Å². The van der Waals surface area contributed by atoms with Crippen molar-refractivity contribution in [1.82, 2.24) is 10.3 Å². The number of carbonyl (C=O) groups is 3. The van der Waals surface area contributed by atoms with Crippen LogP contribution in [-0.4, -0.2) is 35.9 Å². The van der Waals surface area contributed by atoms with Crippen LogP contribution in [0.25, 0.3) is 0 Å². The minimum Gasteiger partial charge on any atom is -0.454 e. The smallest absolute Gasteiger partial charge is 0.325 e. The van der Waals surface area contributed by atoms with Gasteiger partial charge >= 0.3 is 5.97 Å². The van der Waals surface area contributed by atoms with E-state index >= 15 is 0 Å². The van der Waals surface area contributed by atoms with Gasteiger partial charge < -0.3 is 15.4 Å². The molecule has 1 aromatic heterocycles. The van der Waals surface area contributed by atoms with Crippen LogP contribution in [0.5, 0.6) is 0 Å². The standard InChI is InChI=1S/C19H19Cl2N3O4/c1-10-4-5-13(6-11(10)2)19(27)23-8-16(26)28-9-15(25)24-18-17(21)12(3)14(20)7-22-18/h4-7H,8-9H2,1-3H3,(H,23,27)(H,22,24,25). The molecule has 2 aromatic rings. The van der Waals surface area contributed by atoms with Gasteiger partial charge in [0.05, 0.1) is 10.0 Å². The summed E-state index contributed by atoms with van der Waals surface area (Å²) in [4.78, 5) is 39.6. The molecule has 9 heteroatoms. The predicted octanol–water partition coefficient (Wildman–Crippen LogP) is 3.23. The van der Waals surface area contributed by atoms with E-state index in [0.29, 0.717) is 16.1 Å². The fourth-order valence-electron chi connectivity index (χ4n) is 2.15. The summed E-state index contributed by atoms with van der Waals surface area (Å²) in [5, 5.41) is 5.45. The van der Waals surface area contributed by atoms with E-state index in [4.69, 9.17) is 27.9 Å². The first-order chi connectivity index (χ1) is 13.2. The van der Waals surface area contributed by atoms with Gasteiger partial charge in [-0.05, 0) is 49.6 Å². The molecule has 1 heterocycles. The van der Waals surface area contributed by atoms with Crippen molar-refractivity contribution in [3.63, 3.8) is 0 Å². The molecule has 0 spiro atoms. The number of nitrogens with zero attached hydrogens (tertiary/aromatic N) is 1. The molecule has 0 aliphatic carbocycles. The molecule has 2 N–H and O–H groups in total. The maximum atomic E-state index is 12.1. The van der Waals surface area contributed by atoms with Crippen molar-refractivity contribution < 1.29 is 19.1 Å². The van der Waals surface area contributed by atoms with E-state index in [1.165, 1.54) is 6.20 Å². The van der Waals surface area contributed by atoms with Crippen molar-refractivity contribution in [2.75, 3.05) is 18.5 Å². The minimum atomic E-state index is -0.751. The van der Waals surface area contributed by atoms with Crippen LogP contribution >= 0.6 is 23.2 Å². The second kappa shape index (κ2) is 9.52. The Kier molecular flexibility index (Phi) is 7.37. The third-order valence-corrected chi connectivity index (χ3v) is 4.83. The van der Waals surface area contributed by atoms with Crippen molar-refractivity contribution in [2.24, 2.45) is 0 Å². The molecule has 2 amide bonds. The van der Waals surface area contributed by atoms with Gasteiger partial charge in [-0.1, -0.05) is 29.3 Å². The van der Waals surface area contributed by atoms with Gasteiger partial charge in [0, 0.05) is 11.8 Å². The fourth-order valence-corrected chi connectivity index (χ4v) is 2.54. The van der Waals surface area contributed by atoms with Crippen LogP contribution in [-0.2, 0) is 14.3 Å². The normalized spacial score (nSPS) is 10.3. The number of nitrogens with one attached hydrogen (secondary N) is 2. The second-order valence-corrected chi connectivity index (χ2v) is 6.87. The maximum absolute atomic E-state index is 12.1. The minimum absolute atomic E-state index is 0.118. The van der Waals surface area contributed by atoms with Crippen LogP contribution < -0.4 is 10.6 Å². The molecular weight excluding hydrogens is 405 g/mol. The van der Waals surface area contributed by atoms with Gasteiger partial charge in [-0.3, -0.25) is 14.4 Å². The number of aryl methyl sites for hydroxylation is 2. The monoisotopic (exact) mass is 423 g/mol. The molecule has 7 nitrogen and oxygen atoms in total. The Morgan fingerprint density at radius 3 is 2.50 bits per heavy atom. The molecule has 0 saturated carbocycles. The molecule has 0 bridgehead atoms. The lowest BCUT2D eigenvalue weighted by molar-refractivity contribution is -0.146. The van der Waals surface area contributed by atoms with Crippen LogP contribution in [0.15, 0.2) is 24.4 Å². The van der Waals surface area contributed by atoms with Gasteiger partial charge in [-0.15, -0.1) is 0 Å². The number of carbonyl (C=O) groups excluding carboxylic acids is 3. The van der Waals surface area contributed by atoms with Crippen molar-refractivity contribution in [1.29, 1.82) is 0 Å². The van der Waals surface area contributed by atoms with Crippen molar-refractivity contribution in [2.45, 2.75) is 20.8 Å².